The minimum absolute atomic E-state index is 0.141. The smallest absolute Gasteiger partial charge is 0.416 e. The van der Waals surface area contributed by atoms with E-state index in [1.54, 1.807) is 13.2 Å². The van der Waals surface area contributed by atoms with Crippen LogP contribution < -0.4 is 10.5 Å². The third kappa shape index (κ3) is 3.23. The van der Waals surface area contributed by atoms with Gasteiger partial charge in [0, 0.05) is 5.69 Å². The van der Waals surface area contributed by atoms with Gasteiger partial charge in [0.1, 0.15) is 5.75 Å². The number of halogens is 3. The van der Waals surface area contributed by atoms with Gasteiger partial charge in [0.2, 0.25) is 0 Å². The van der Waals surface area contributed by atoms with Gasteiger partial charge in [-0.05, 0) is 41.8 Å². The van der Waals surface area contributed by atoms with Crippen molar-refractivity contribution in [3.05, 3.63) is 59.2 Å². The third-order valence-electron chi connectivity index (χ3n) is 3.00. The van der Waals surface area contributed by atoms with Gasteiger partial charge in [0.05, 0.1) is 12.7 Å². The molecule has 0 aliphatic rings. The van der Waals surface area contributed by atoms with Crippen molar-refractivity contribution in [2.45, 2.75) is 12.6 Å². The lowest BCUT2D eigenvalue weighted by Gasteiger charge is -2.11. The molecule has 2 aromatic carbocycles. The molecular weight excluding hydrogens is 267 g/mol. The van der Waals surface area contributed by atoms with Crippen molar-refractivity contribution >= 4 is 5.69 Å². The SMILES string of the molecule is COc1cccc(Cc2ccc(C(F)(F)F)cc2N)c1. The van der Waals surface area contributed by atoms with E-state index in [1.807, 2.05) is 18.2 Å². The lowest BCUT2D eigenvalue weighted by atomic mass is 10.0. The standard InChI is InChI=1S/C15H14F3NO/c1-20-13-4-2-3-10(8-13)7-11-5-6-12(9-14(11)19)15(16,17)18/h2-6,8-9H,7,19H2,1H3. The number of anilines is 1. The van der Waals surface area contributed by atoms with Crippen molar-refractivity contribution in [1.29, 1.82) is 0 Å². The number of rotatable bonds is 3. The van der Waals surface area contributed by atoms with E-state index < -0.39 is 11.7 Å². The summed E-state index contributed by atoms with van der Waals surface area (Å²) in [5, 5.41) is 0. The molecule has 2 N–H and O–H groups in total. The number of nitrogen functional groups attached to an aromatic ring is 1. The van der Waals surface area contributed by atoms with Crippen LogP contribution in [0, 0.1) is 0 Å². The predicted molar refractivity (Wildman–Crippen MR) is 71.7 cm³/mol. The molecule has 0 amide bonds. The van der Waals surface area contributed by atoms with Crippen LogP contribution in [-0.4, -0.2) is 7.11 Å². The number of benzene rings is 2. The highest BCUT2D eigenvalue weighted by Crippen LogP contribution is 2.32. The fourth-order valence-corrected chi connectivity index (χ4v) is 1.93. The predicted octanol–water partition coefficient (Wildman–Crippen LogP) is 3.89. The molecule has 0 spiro atoms. The van der Waals surface area contributed by atoms with Crippen LogP contribution in [0.15, 0.2) is 42.5 Å². The Hall–Kier alpha value is -2.17. The second kappa shape index (κ2) is 5.45. The lowest BCUT2D eigenvalue weighted by molar-refractivity contribution is -0.137. The fourth-order valence-electron chi connectivity index (χ4n) is 1.93. The molecule has 5 heteroatoms. The van der Waals surface area contributed by atoms with Gasteiger partial charge in [-0.25, -0.2) is 0 Å². The largest absolute Gasteiger partial charge is 0.497 e. The van der Waals surface area contributed by atoms with Crippen molar-refractivity contribution < 1.29 is 17.9 Å². The molecule has 20 heavy (non-hydrogen) atoms. The molecule has 0 aliphatic heterocycles. The number of nitrogens with two attached hydrogens (primary N) is 1. The number of methoxy groups -OCH3 is 1. The van der Waals surface area contributed by atoms with Crippen LogP contribution in [0.5, 0.6) is 5.75 Å². The van der Waals surface area contributed by atoms with Gasteiger partial charge in [-0.2, -0.15) is 13.2 Å². The molecular formula is C15H14F3NO. The van der Waals surface area contributed by atoms with E-state index >= 15 is 0 Å². The molecule has 2 aromatic rings. The zero-order valence-corrected chi connectivity index (χ0v) is 10.9. The number of hydrogen-bond donors (Lipinski definition) is 1. The number of hydrogen-bond acceptors (Lipinski definition) is 2. The van der Waals surface area contributed by atoms with E-state index in [-0.39, 0.29) is 5.69 Å². The summed E-state index contributed by atoms with van der Waals surface area (Å²) >= 11 is 0. The molecule has 2 rings (SSSR count). The highest BCUT2D eigenvalue weighted by molar-refractivity contribution is 5.52. The van der Waals surface area contributed by atoms with E-state index in [1.165, 1.54) is 6.07 Å². The summed E-state index contributed by atoms with van der Waals surface area (Å²) in [6.07, 6.45) is -3.91. The van der Waals surface area contributed by atoms with Crippen LogP contribution in [0.1, 0.15) is 16.7 Å². The second-order valence-electron chi connectivity index (χ2n) is 4.44. The van der Waals surface area contributed by atoms with Crippen molar-refractivity contribution in [3.63, 3.8) is 0 Å². The molecule has 0 aromatic heterocycles. The number of alkyl halides is 3. The molecule has 0 bridgehead atoms. The number of ether oxygens (including phenoxy) is 1. The molecule has 0 aliphatic carbocycles. The Morgan fingerprint density at radius 2 is 1.85 bits per heavy atom. The Bertz CT molecular complexity index is 608. The maximum Gasteiger partial charge on any atom is 0.416 e. The topological polar surface area (TPSA) is 35.2 Å². The average molecular weight is 281 g/mol. The van der Waals surface area contributed by atoms with Gasteiger partial charge in [-0.15, -0.1) is 0 Å². The normalized spacial score (nSPS) is 11.4. The Kier molecular flexibility index (Phi) is 3.88. The van der Waals surface area contributed by atoms with Gasteiger partial charge in [0.25, 0.3) is 0 Å². The first-order chi connectivity index (χ1) is 9.40. The molecule has 0 atom stereocenters. The highest BCUT2D eigenvalue weighted by Gasteiger charge is 2.30. The van der Waals surface area contributed by atoms with Crippen molar-refractivity contribution in [1.82, 2.24) is 0 Å². The van der Waals surface area contributed by atoms with Crippen LogP contribution in [0.4, 0.5) is 18.9 Å². The molecule has 0 saturated carbocycles. The van der Waals surface area contributed by atoms with Crippen LogP contribution in [0.2, 0.25) is 0 Å². The summed E-state index contributed by atoms with van der Waals surface area (Å²) in [5.41, 5.74) is 6.70. The monoisotopic (exact) mass is 281 g/mol. The van der Waals surface area contributed by atoms with E-state index in [4.69, 9.17) is 10.5 Å². The van der Waals surface area contributed by atoms with Gasteiger partial charge in [-0.3, -0.25) is 0 Å². The fraction of sp³-hybridized carbons (Fsp3) is 0.200. The van der Waals surface area contributed by atoms with E-state index in [2.05, 4.69) is 0 Å². The highest BCUT2D eigenvalue weighted by atomic mass is 19.4. The molecule has 0 saturated heterocycles. The van der Waals surface area contributed by atoms with Crippen LogP contribution in [0.25, 0.3) is 0 Å². The maximum absolute atomic E-state index is 12.6. The quantitative estimate of drug-likeness (QED) is 0.866. The summed E-state index contributed by atoms with van der Waals surface area (Å²) in [6, 6.07) is 10.8. The van der Waals surface area contributed by atoms with Gasteiger partial charge >= 0.3 is 6.18 Å². The Morgan fingerprint density at radius 1 is 1.10 bits per heavy atom. The van der Waals surface area contributed by atoms with Crippen LogP contribution >= 0.6 is 0 Å². The Balaban J connectivity index is 2.25. The van der Waals surface area contributed by atoms with Crippen LogP contribution in [-0.2, 0) is 12.6 Å². The first-order valence-corrected chi connectivity index (χ1v) is 5.98. The van der Waals surface area contributed by atoms with Crippen molar-refractivity contribution in [2.75, 3.05) is 12.8 Å². The molecule has 2 nitrogen and oxygen atoms in total. The van der Waals surface area contributed by atoms with Gasteiger partial charge in [0.15, 0.2) is 0 Å². The average Bonchev–Trinajstić information content (AvgIpc) is 2.40. The van der Waals surface area contributed by atoms with Gasteiger partial charge < -0.3 is 10.5 Å². The molecule has 0 fully saturated rings. The van der Waals surface area contributed by atoms with E-state index in [9.17, 15) is 13.2 Å². The summed E-state index contributed by atoms with van der Waals surface area (Å²) < 4.78 is 42.8. The minimum Gasteiger partial charge on any atom is -0.497 e. The molecule has 106 valence electrons. The van der Waals surface area contributed by atoms with Crippen molar-refractivity contribution in [2.24, 2.45) is 0 Å². The maximum atomic E-state index is 12.6. The third-order valence-corrected chi connectivity index (χ3v) is 3.00. The first kappa shape index (κ1) is 14.2. The molecule has 0 radical (unpaired) electrons. The molecule has 0 unspecified atom stereocenters. The minimum atomic E-state index is -4.37. The zero-order chi connectivity index (χ0) is 14.8. The van der Waals surface area contributed by atoms with Crippen molar-refractivity contribution in [3.8, 4) is 5.75 Å². The van der Waals surface area contributed by atoms with E-state index in [0.29, 0.717) is 17.7 Å². The lowest BCUT2D eigenvalue weighted by Crippen LogP contribution is -2.07. The Labute approximate surface area is 115 Å². The molecule has 0 heterocycles. The Morgan fingerprint density at radius 3 is 2.45 bits per heavy atom. The summed E-state index contributed by atoms with van der Waals surface area (Å²) in [7, 11) is 1.56. The van der Waals surface area contributed by atoms with E-state index in [0.717, 1.165) is 17.7 Å². The first-order valence-electron chi connectivity index (χ1n) is 5.98. The summed E-state index contributed by atoms with van der Waals surface area (Å²) in [5.74, 6) is 0.702. The van der Waals surface area contributed by atoms with Crippen LogP contribution in [0.3, 0.4) is 0 Å². The summed E-state index contributed by atoms with van der Waals surface area (Å²) in [4.78, 5) is 0. The van der Waals surface area contributed by atoms with Gasteiger partial charge in [-0.1, -0.05) is 18.2 Å². The summed E-state index contributed by atoms with van der Waals surface area (Å²) in [6.45, 7) is 0. The second-order valence-corrected chi connectivity index (χ2v) is 4.44. The zero-order valence-electron chi connectivity index (χ0n) is 10.9.